The SMILES string of the molecule is C.C1=NNCCC1.C1CCNNC1.NN1CCCC1.[HH]. The van der Waals surface area contributed by atoms with E-state index in [-0.39, 0.29) is 8.85 Å². The summed E-state index contributed by atoms with van der Waals surface area (Å²) in [5.41, 5.74) is 8.92. The molecule has 5 N–H and O–H groups in total. The van der Waals surface area contributed by atoms with Crippen LogP contribution in [0.2, 0.25) is 0 Å². The second-order valence-electron chi connectivity index (χ2n) is 4.67. The Labute approximate surface area is 119 Å². The van der Waals surface area contributed by atoms with Crippen LogP contribution in [0, 0.1) is 0 Å². The minimum atomic E-state index is 0. The number of nitrogens with two attached hydrogens (primary N) is 1. The third-order valence-corrected chi connectivity index (χ3v) is 2.92. The van der Waals surface area contributed by atoms with Gasteiger partial charge >= 0.3 is 0 Å². The molecular formula is C13H34N6. The molecule has 0 aromatic rings. The first kappa shape index (κ1) is 18.3. The van der Waals surface area contributed by atoms with Crippen LogP contribution >= 0.6 is 0 Å². The summed E-state index contributed by atoms with van der Waals surface area (Å²) >= 11 is 0. The highest BCUT2D eigenvalue weighted by atomic mass is 15.4. The lowest BCUT2D eigenvalue weighted by Gasteiger charge is -2.10. The lowest BCUT2D eigenvalue weighted by molar-refractivity contribution is 0.355. The fourth-order valence-corrected chi connectivity index (χ4v) is 1.81. The summed E-state index contributed by atoms with van der Waals surface area (Å²) in [6.07, 6.45) is 9.52. The largest absolute Gasteiger partial charge is 0.310 e. The van der Waals surface area contributed by atoms with Crippen molar-refractivity contribution in [3.05, 3.63) is 0 Å². The van der Waals surface area contributed by atoms with Crippen LogP contribution in [0.25, 0.3) is 0 Å². The van der Waals surface area contributed by atoms with Crippen LogP contribution in [0.1, 0.15) is 47.4 Å². The molecule has 0 unspecified atom stereocenters. The fourth-order valence-electron chi connectivity index (χ4n) is 1.81. The first-order valence-corrected chi connectivity index (χ1v) is 7.09. The number of hydrazone groups is 1. The van der Waals surface area contributed by atoms with Crippen molar-refractivity contribution in [2.45, 2.75) is 46.0 Å². The van der Waals surface area contributed by atoms with Gasteiger partial charge < -0.3 is 5.43 Å². The molecular weight excluding hydrogens is 240 g/mol. The zero-order valence-corrected chi connectivity index (χ0v) is 11.3. The third-order valence-electron chi connectivity index (χ3n) is 2.92. The summed E-state index contributed by atoms with van der Waals surface area (Å²) in [6.45, 7) is 5.52. The molecule has 116 valence electrons. The number of rotatable bonds is 0. The molecule has 2 saturated heterocycles. The molecule has 0 aromatic carbocycles. The Hall–Kier alpha value is -0.690. The molecule has 3 heterocycles. The van der Waals surface area contributed by atoms with Gasteiger partial charge in [-0.2, -0.15) is 5.10 Å². The minimum absolute atomic E-state index is 0. The standard InChI is InChI=1S/2C4H10N2.C4H8N2.CH4.H2/c5-6-3-1-2-4-6;2*1-2-4-6-5-3-1;;/h1-5H2;5-6H,1-4H2;3,6H,1-2,4H2;1H4;1H. The van der Waals surface area contributed by atoms with Gasteiger partial charge in [0.05, 0.1) is 0 Å². The van der Waals surface area contributed by atoms with E-state index in [1.807, 2.05) is 11.2 Å². The van der Waals surface area contributed by atoms with Crippen LogP contribution in [0.4, 0.5) is 0 Å². The molecule has 0 atom stereocenters. The highest BCUT2D eigenvalue weighted by Gasteiger charge is 2.04. The molecule has 6 nitrogen and oxygen atoms in total. The average molecular weight is 274 g/mol. The number of hydrogen-bond acceptors (Lipinski definition) is 6. The van der Waals surface area contributed by atoms with Gasteiger partial charge in [-0.15, -0.1) is 0 Å². The summed E-state index contributed by atoms with van der Waals surface area (Å²) in [5.74, 6) is 5.37. The van der Waals surface area contributed by atoms with Crippen molar-refractivity contribution in [2.24, 2.45) is 10.9 Å². The Morgan fingerprint density at radius 2 is 1.58 bits per heavy atom. The van der Waals surface area contributed by atoms with Gasteiger partial charge in [-0.3, -0.25) is 16.7 Å². The van der Waals surface area contributed by atoms with Gasteiger partial charge in [0.25, 0.3) is 0 Å². The minimum Gasteiger partial charge on any atom is -0.310 e. The molecule has 2 fully saturated rings. The molecule has 0 saturated carbocycles. The molecule has 0 bridgehead atoms. The fraction of sp³-hybridized carbons (Fsp3) is 0.923. The molecule has 3 aliphatic rings. The maximum absolute atomic E-state index is 5.37. The van der Waals surface area contributed by atoms with E-state index in [1.54, 1.807) is 0 Å². The molecule has 0 radical (unpaired) electrons. The number of hydrogen-bond donors (Lipinski definition) is 4. The van der Waals surface area contributed by atoms with Crippen LogP contribution in [0.15, 0.2) is 5.10 Å². The Kier molecular flexibility index (Phi) is 13.2. The van der Waals surface area contributed by atoms with Crippen molar-refractivity contribution >= 4 is 6.21 Å². The predicted molar refractivity (Wildman–Crippen MR) is 84.8 cm³/mol. The van der Waals surface area contributed by atoms with Gasteiger partial charge in [-0.05, 0) is 38.5 Å². The zero-order chi connectivity index (χ0) is 12.9. The molecule has 0 aromatic heterocycles. The molecule has 0 amide bonds. The molecule has 3 rings (SSSR count). The highest BCUT2D eigenvalue weighted by molar-refractivity contribution is 5.57. The lowest BCUT2D eigenvalue weighted by Crippen LogP contribution is -2.37. The topological polar surface area (TPSA) is 77.7 Å². The van der Waals surface area contributed by atoms with Crippen molar-refractivity contribution in [1.29, 1.82) is 0 Å². The van der Waals surface area contributed by atoms with Crippen LogP contribution in [0.3, 0.4) is 0 Å². The number of nitrogens with one attached hydrogen (secondary N) is 3. The number of nitrogens with zero attached hydrogens (tertiary/aromatic N) is 2. The lowest BCUT2D eigenvalue weighted by atomic mass is 10.3. The van der Waals surface area contributed by atoms with Crippen molar-refractivity contribution in [3.8, 4) is 0 Å². The van der Waals surface area contributed by atoms with Gasteiger partial charge in [0.2, 0.25) is 0 Å². The van der Waals surface area contributed by atoms with E-state index >= 15 is 0 Å². The summed E-state index contributed by atoms with van der Waals surface area (Å²) < 4.78 is 0. The molecule has 6 heteroatoms. The molecule has 3 aliphatic heterocycles. The molecule has 19 heavy (non-hydrogen) atoms. The van der Waals surface area contributed by atoms with Crippen LogP contribution < -0.4 is 22.1 Å². The normalized spacial score (nSPS) is 21.9. The van der Waals surface area contributed by atoms with E-state index in [0.29, 0.717) is 0 Å². The Bertz CT molecular complexity index is 186. The third kappa shape index (κ3) is 12.1. The van der Waals surface area contributed by atoms with Crippen LogP contribution in [0.5, 0.6) is 0 Å². The summed E-state index contributed by atoms with van der Waals surface area (Å²) in [7, 11) is 0. The summed E-state index contributed by atoms with van der Waals surface area (Å²) in [5, 5.41) is 5.66. The zero-order valence-electron chi connectivity index (χ0n) is 11.3. The van der Waals surface area contributed by atoms with Gasteiger partial charge in [0, 0.05) is 40.4 Å². The quantitative estimate of drug-likeness (QED) is 0.497. The van der Waals surface area contributed by atoms with Crippen molar-refractivity contribution in [2.75, 3.05) is 32.7 Å². The highest BCUT2D eigenvalue weighted by Crippen LogP contribution is 1.99. The maximum atomic E-state index is 5.37. The van der Waals surface area contributed by atoms with Gasteiger partial charge in [-0.25, -0.2) is 5.01 Å². The molecule has 0 aliphatic carbocycles. The first-order valence-electron chi connectivity index (χ1n) is 7.09. The first-order chi connectivity index (χ1) is 8.89. The van der Waals surface area contributed by atoms with Crippen molar-refractivity contribution in [1.82, 2.24) is 21.3 Å². The maximum Gasteiger partial charge on any atom is 0.0333 e. The van der Waals surface area contributed by atoms with Gasteiger partial charge in [-0.1, -0.05) is 7.43 Å². The second-order valence-corrected chi connectivity index (χ2v) is 4.67. The Morgan fingerprint density at radius 1 is 0.947 bits per heavy atom. The van der Waals surface area contributed by atoms with Gasteiger partial charge in [0.15, 0.2) is 0 Å². The van der Waals surface area contributed by atoms with Crippen molar-refractivity contribution in [3.63, 3.8) is 0 Å². The molecule has 0 spiro atoms. The van der Waals surface area contributed by atoms with E-state index in [2.05, 4.69) is 21.4 Å². The summed E-state index contributed by atoms with van der Waals surface area (Å²) in [4.78, 5) is 0. The Morgan fingerprint density at radius 3 is 1.74 bits per heavy atom. The van der Waals surface area contributed by atoms with Crippen LogP contribution in [-0.2, 0) is 0 Å². The predicted octanol–water partition coefficient (Wildman–Crippen LogP) is 1.07. The van der Waals surface area contributed by atoms with E-state index in [0.717, 1.165) is 39.1 Å². The van der Waals surface area contributed by atoms with E-state index in [9.17, 15) is 0 Å². The van der Waals surface area contributed by atoms with E-state index in [4.69, 9.17) is 5.84 Å². The van der Waals surface area contributed by atoms with Crippen molar-refractivity contribution < 1.29 is 1.43 Å². The Balaban J connectivity index is 0. The second kappa shape index (κ2) is 13.7. The van der Waals surface area contributed by atoms with E-state index < -0.39 is 0 Å². The van der Waals surface area contributed by atoms with Crippen LogP contribution in [-0.4, -0.2) is 43.9 Å². The average Bonchev–Trinajstić information content (AvgIpc) is 2.95. The monoisotopic (exact) mass is 274 g/mol. The number of hydrazine groups is 2. The van der Waals surface area contributed by atoms with E-state index in [1.165, 1.54) is 32.1 Å². The summed E-state index contributed by atoms with van der Waals surface area (Å²) in [6, 6.07) is 0. The smallest absolute Gasteiger partial charge is 0.0333 e. The van der Waals surface area contributed by atoms with Gasteiger partial charge in [0.1, 0.15) is 0 Å².